The fourth-order valence-corrected chi connectivity index (χ4v) is 3.77. The Morgan fingerprint density at radius 2 is 2.00 bits per heavy atom. The first-order valence-corrected chi connectivity index (χ1v) is 8.05. The van der Waals surface area contributed by atoms with Crippen molar-refractivity contribution in [3.05, 3.63) is 28.2 Å². The van der Waals surface area contributed by atoms with Crippen LogP contribution in [0.4, 0.5) is 0 Å². The maximum Gasteiger partial charge on any atom is 0.306 e. The second-order valence-electron chi connectivity index (χ2n) is 3.87. The largest absolute Gasteiger partial charge is 0.469 e. The molecular formula is C12H15Cl2NO4S. The number of nitrogens with zero attached hydrogens (tertiary/aromatic N) is 1. The normalized spacial score (nSPS) is 11.7. The number of carbonyl (C=O) groups excluding carboxylic acids is 1. The van der Waals surface area contributed by atoms with Gasteiger partial charge in [-0.15, -0.1) is 0 Å². The molecule has 0 heterocycles. The minimum atomic E-state index is -3.80. The van der Waals surface area contributed by atoms with E-state index in [2.05, 4.69) is 4.74 Å². The summed E-state index contributed by atoms with van der Waals surface area (Å²) >= 11 is 11.8. The average Bonchev–Trinajstić information content (AvgIpc) is 2.41. The van der Waals surface area contributed by atoms with Crippen LogP contribution in [0.15, 0.2) is 23.1 Å². The van der Waals surface area contributed by atoms with Crippen LogP contribution < -0.4 is 0 Å². The Morgan fingerprint density at radius 1 is 1.35 bits per heavy atom. The molecule has 0 atom stereocenters. The predicted octanol–water partition coefficient (Wildman–Crippen LogP) is 2.57. The molecule has 8 heteroatoms. The molecule has 0 aromatic heterocycles. The van der Waals surface area contributed by atoms with Gasteiger partial charge in [0, 0.05) is 13.1 Å². The van der Waals surface area contributed by atoms with Gasteiger partial charge in [0.15, 0.2) is 0 Å². The van der Waals surface area contributed by atoms with Crippen molar-refractivity contribution >= 4 is 39.2 Å². The molecule has 0 amide bonds. The monoisotopic (exact) mass is 339 g/mol. The highest BCUT2D eigenvalue weighted by atomic mass is 35.5. The van der Waals surface area contributed by atoms with Crippen molar-refractivity contribution in [2.45, 2.75) is 18.2 Å². The number of methoxy groups -OCH3 is 1. The van der Waals surface area contributed by atoms with Crippen molar-refractivity contribution in [2.75, 3.05) is 20.2 Å². The van der Waals surface area contributed by atoms with Crippen LogP contribution in [0.5, 0.6) is 0 Å². The zero-order chi connectivity index (χ0) is 15.3. The first kappa shape index (κ1) is 17.2. The van der Waals surface area contributed by atoms with Crippen molar-refractivity contribution in [2.24, 2.45) is 0 Å². The molecule has 0 aliphatic rings. The SMILES string of the molecule is CCN(CCC(=O)OC)S(=O)(=O)c1cccc(Cl)c1Cl. The summed E-state index contributed by atoms with van der Waals surface area (Å²) < 4.78 is 30.6. The maximum absolute atomic E-state index is 12.5. The number of ether oxygens (including phenoxy) is 1. The molecule has 1 aromatic rings. The molecule has 0 fully saturated rings. The number of hydrogen-bond donors (Lipinski definition) is 0. The lowest BCUT2D eigenvalue weighted by atomic mass is 10.4. The molecule has 0 saturated carbocycles. The minimum Gasteiger partial charge on any atom is -0.469 e. The van der Waals surface area contributed by atoms with Crippen LogP contribution in [0.3, 0.4) is 0 Å². The lowest BCUT2D eigenvalue weighted by molar-refractivity contribution is -0.140. The Bertz CT molecular complexity index is 589. The summed E-state index contributed by atoms with van der Waals surface area (Å²) in [6.07, 6.45) is -0.0260. The van der Waals surface area contributed by atoms with E-state index in [1.165, 1.54) is 25.3 Å². The zero-order valence-electron chi connectivity index (χ0n) is 11.1. The Labute approximate surface area is 128 Å². The van der Waals surface area contributed by atoms with Crippen molar-refractivity contribution in [1.29, 1.82) is 0 Å². The molecule has 0 N–H and O–H groups in total. The maximum atomic E-state index is 12.5. The second kappa shape index (κ2) is 7.26. The number of esters is 1. The zero-order valence-corrected chi connectivity index (χ0v) is 13.4. The molecule has 112 valence electrons. The summed E-state index contributed by atoms with van der Waals surface area (Å²) in [4.78, 5) is 11.1. The summed E-state index contributed by atoms with van der Waals surface area (Å²) in [7, 11) is -2.55. The third-order valence-corrected chi connectivity index (χ3v) is 5.63. The van der Waals surface area contributed by atoms with Crippen molar-refractivity contribution < 1.29 is 17.9 Å². The van der Waals surface area contributed by atoms with Crippen LogP contribution in [0.2, 0.25) is 10.0 Å². The lowest BCUT2D eigenvalue weighted by Crippen LogP contribution is -2.33. The topological polar surface area (TPSA) is 63.7 Å². The van der Waals surface area contributed by atoms with Crippen molar-refractivity contribution in [3.63, 3.8) is 0 Å². The van der Waals surface area contributed by atoms with E-state index in [0.717, 1.165) is 4.31 Å². The first-order chi connectivity index (χ1) is 9.34. The summed E-state index contributed by atoms with van der Waals surface area (Å²) in [6, 6.07) is 4.40. The number of carbonyl (C=O) groups is 1. The van der Waals surface area contributed by atoms with Crippen molar-refractivity contribution in [3.8, 4) is 0 Å². The number of sulfonamides is 1. The Balaban J connectivity index is 3.06. The Hall–Kier alpha value is -0.820. The van der Waals surface area contributed by atoms with E-state index in [9.17, 15) is 13.2 Å². The molecule has 0 bridgehead atoms. The first-order valence-electron chi connectivity index (χ1n) is 5.85. The molecule has 0 unspecified atom stereocenters. The summed E-state index contributed by atoms with van der Waals surface area (Å²) in [5.41, 5.74) is 0. The molecule has 0 aliphatic carbocycles. The van der Waals surface area contributed by atoms with Crippen LogP contribution in [0.1, 0.15) is 13.3 Å². The standard InChI is InChI=1S/C12H15Cl2NO4S/c1-3-15(8-7-11(16)19-2)20(17,18)10-6-4-5-9(13)12(10)14/h4-6H,3,7-8H2,1-2H3. The summed E-state index contributed by atoms with van der Waals surface area (Å²) in [6.45, 7) is 1.91. The van der Waals surface area contributed by atoms with E-state index in [1.54, 1.807) is 6.92 Å². The number of halogens is 2. The van der Waals surface area contributed by atoms with Gasteiger partial charge in [-0.05, 0) is 12.1 Å². The predicted molar refractivity (Wildman–Crippen MR) is 77.5 cm³/mol. The Morgan fingerprint density at radius 3 is 2.55 bits per heavy atom. The minimum absolute atomic E-state index is 0.0222. The molecule has 20 heavy (non-hydrogen) atoms. The molecule has 1 aromatic carbocycles. The molecule has 0 aliphatic heterocycles. The fraction of sp³-hybridized carbons (Fsp3) is 0.417. The van der Waals surface area contributed by atoms with Gasteiger partial charge in [-0.2, -0.15) is 4.31 Å². The van der Waals surface area contributed by atoms with Gasteiger partial charge < -0.3 is 4.74 Å². The highest BCUT2D eigenvalue weighted by Gasteiger charge is 2.26. The molecular weight excluding hydrogens is 325 g/mol. The van der Waals surface area contributed by atoms with Gasteiger partial charge in [-0.3, -0.25) is 4.79 Å². The smallest absolute Gasteiger partial charge is 0.306 e. The van der Waals surface area contributed by atoms with E-state index in [1.807, 2.05) is 0 Å². The number of benzene rings is 1. The Kier molecular flexibility index (Phi) is 6.26. The van der Waals surface area contributed by atoms with E-state index >= 15 is 0 Å². The van der Waals surface area contributed by atoms with Crippen molar-refractivity contribution in [1.82, 2.24) is 4.31 Å². The quantitative estimate of drug-likeness (QED) is 0.747. The second-order valence-corrected chi connectivity index (χ2v) is 6.57. The number of rotatable bonds is 6. The number of hydrogen-bond acceptors (Lipinski definition) is 4. The van der Waals surface area contributed by atoms with E-state index in [4.69, 9.17) is 23.2 Å². The molecule has 0 saturated heterocycles. The van der Waals surface area contributed by atoms with Gasteiger partial charge >= 0.3 is 5.97 Å². The van der Waals surface area contributed by atoms with Crippen LogP contribution in [0.25, 0.3) is 0 Å². The van der Waals surface area contributed by atoms with Gasteiger partial charge in [0.25, 0.3) is 0 Å². The third-order valence-electron chi connectivity index (χ3n) is 2.68. The summed E-state index contributed by atoms with van der Waals surface area (Å²) in [5.74, 6) is -0.476. The average molecular weight is 340 g/mol. The fourth-order valence-electron chi connectivity index (χ4n) is 1.59. The highest BCUT2D eigenvalue weighted by Crippen LogP contribution is 2.30. The molecule has 5 nitrogen and oxygen atoms in total. The molecule has 0 spiro atoms. The van der Waals surface area contributed by atoms with Gasteiger partial charge in [-0.1, -0.05) is 36.2 Å². The van der Waals surface area contributed by atoms with Gasteiger partial charge in [0.05, 0.1) is 23.6 Å². The van der Waals surface area contributed by atoms with E-state index < -0.39 is 16.0 Å². The molecule has 1 rings (SSSR count). The van der Waals surface area contributed by atoms with E-state index in [0.29, 0.717) is 0 Å². The van der Waals surface area contributed by atoms with Gasteiger partial charge in [0.1, 0.15) is 4.90 Å². The van der Waals surface area contributed by atoms with Gasteiger partial charge in [0.2, 0.25) is 10.0 Å². The lowest BCUT2D eigenvalue weighted by Gasteiger charge is -2.20. The highest BCUT2D eigenvalue weighted by molar-refractivity contribution is 7.89. The van der Waals surface area contributed by atoms with Crippen LogP contribution in [-0.2, 0) is 19.6 Å². The van der Waals surface area contributed by atoms with Gasteiger partial charge in [-0.25, -0.2) is 8.42 Å². The van der Waals surface area contributed by atoms with Crippen LogP contribution >= 0.6 is 23.2 Å². The third kappa shape index (κ3) is 3.85. The summed E-state index contributed by atoms with van der Waals surface area (Å²) in [5, 5.41) is 0.141. The van der Waals surface area contributed by atoms with Crippen LogP contribution in [0, 0.1) is 0 Å². The van der Waals surface area contributed by atoms with E-state index in [-0.39, 0.29) is 34.5 Å². The van der Waals surface area contributed by atoms with Crippen LogP contribution in [-0.4, -0.2) is 38.9 Å². The molecule has 0 radical (unpaired) electrons.